The van der Waals surface area contributed by atoms with Crippen LogP contribution in [0, 0.1) is 23.7 Å². The zero-order chi connectivity index (χ0) is 22.8. The average Bonchev–Trinajstić information content (AvgIpc) is 3.22. The molecule has 2 heterocycles. The number of ether oxygens (including phenoxy) is 2. The Kier molecular flexibility index (Phi) is 5.48. The van der Waals surface area contributed by atoms with E-state index in [9.17, 15) is 5.11 Å². The second-order valence-corrected chi connectivity index (χ2v) is 12.1. The minimum absolute atomic E-state index is 0.380. The van der Waals surface area contributed by atoms with Gasteiger partial charge in [-0.3, -0.25) is 0 Å². The molecule has 0 radical (unpaired) electrons. The Morgan fingerprint density at radius 1 is 0.882 bits per heavy atom. The van der Waals surface area contributed by atoms with Crippen LogP contribution >= 0.6 is 0 Å². The predicted octanol–water partition coefficient (Wildman–Crippen LogP) is 5.31. The molecule has 2 saturated heterocycles. The molecule has 4 bridgehead atoms. The van der Waals surface area contributed by atoms with Crippen molar-refractivity contribution in [2.75, 3.05) is 13.1 Å². The summed E-state index contributed by atoms with van der Waals surface area (Å²) in [7, 11) is 0. The third-order valence-electron chi connectivity index (χ3n) is 9.91. The van der Waals surface area contributed by atoms with Gasteiger partial charge in [0.15, 0.2) is 0 Å². The Morgan fingerprint density at radius 3 is 2.29 bits per heavy atom. The molecular formula is C28H39NO5. The van der Waals surface area contributed by atoms with Crippen molar-refractivity contribution >= 4 is 0 Å². The molecule has 0 amide bonds. The Balaban J connectivity index is 1.02. The van der Waals surface area contributed by atoms with E-state index in [-0.39, 0.29) is 0 Å². The molecule has 2 unspecified atom stereocenters. The molecule has 6 nitrogen and oxygen atoms in total. The summed E-state index contributed by atoms with van der Waals surface area (Å²) in [6, 6.07) is 8.29. The smallest absolute Gasteiger partial charge is 0.259 e. The molecule has 8 rings (SSSR count). The second-order valence-electron chi connectivity index (χ2n) is 12.1. The molecule has 7 fully saturated rings. The normalized spacial score (nSPS) is 44.7. The molecule has 2 aliphatic heterocycles. The quantitative estimate of drug-likeness (QED) is 0.476. The van der Waals surface area contributed by atoms with Gasteiger partial charge in [0.1, 0.15) is 5.75 Å². The Bertz CT molecular complexity index is 855. The van der Waals surface area contributed by atoms with E-state index in [2.05, 4.69) is 12.1 Å². The lowest BCUT2D eigenvalue weighted by atomic mass is 9.53. The molecule has 5 aliphatic carbocycles. The fraction of sp³-hybridized carbons (Fsp3) is 0.786. The fourth-order valence-electron chi connectivity index (χ4n) is 8.41. The molecule has 3 atom stereocenters. The minimum Gasteiger partial charge on any atom is -0.451 e. The molecule has 6 heteroatoms. The first kappa shape index (κ1) is 22.1. The lowest BCUT2D eigenvalue weighted by Gasteiger charge is -2.57. The molecule has 7 aliphatic rings. The van der Waals surface area contributed by atoms with E-state index in [1.54, 1.807) is 0 Å². The largest absolute Gasteiger partial charge is 0.451 e. The highest BCUT2D eigenvalue weighted by molar-refractivity contribution is 5.30. The van der Waals surface area contributed by atoms with E-state index in [4.69, 9.17) is 19.2 Å². The van der Waals surface area contributed by atoms with Crippen molar-refractivity contribution in [2.45, 2.75) is 101 Å². The number of aliphatic hydroxyl groups is 1. The monoisotopic (exact) mass is 469 g/mol. The number of nitrogens with zero attached hydrogens (tertiary/aromatic N) is 1. The summed E-state index contributed by atoms with van der Waals surface area (Å²) in [5.41, 5.74) is 1.29. The van der Waals surface area contributed by atoms with Crippen molar-refractivity contribution < 1.29 is 24.4 Å². The molecular weight excluding hydrogens is 430 g/mol. The van der Waals surface area contributed by atoms with Gasteiger partial charge in [0.05, 0.1) is 0 Å². The van der Waals surface area contributed by atoms with Crippen LogP contribution in [0.25, 0.3) is 0 Å². The van der Waals surface area contributed by atoms with Gasteiger partial charge in [-0.15, -0.1) is 0 Å². The van der Waals surface area contributed by atoms with Crippen molar-refractivity contribution in [3.63, 3.8) is 0 Å². The van der Waals surface area contributed by atoms with Crippen molar-refractivity contribution in [3.05, 3.63) is 29.8 Å². The van der Waals surface area contributed by atoms with E-state index in [1.807, 2.05) is 17.0 Å². The van der Waals surface area contributed by atoms with Gasteiger partial charge in [0.25, 0.3) is 6.41 Å². The maximum absolute atomic E-state index is 10.4. The highest BCUT2D eigenvalue weighted by Crippen LogP contribution is 2.64. The first-order valence-corrected chi connectivity index (χ1v) is 13.9. The number of aliphatic hydroxyl groups excluding tert-OH is 1. The summed E-state index contributed by atoms with van der Waals surface area (Å²) in [6.45, 7) is 1.80. The van der Waals surface area contributed by atoms with Crippen LogP contribution in [0.3, 0.4) is 0 Å². The summed E-state index contributed by atoms with van der Waals surface area (Å²) in [6.07, 6.45) is 13.0. The zero-order valence-electron chi connectivity index (χ0n) is 20.2. The molecule has 186 valence electrons. The van der Waals surface area contributed by atoms with Crippen LogP contribution in [0.5, 0.6) is 5.75 Å². The molecule has 34 heavy (non-hydrogen) atoms. The summed E-state index contributed by atoms with van der Waals surface area (Å²) in [5.74, 6) is 2.78. The molecule has 1 aromatic carbocycles. The van der Waals surface area contributed by atoms with E-state index in [0.717, 1.165) is 69.2 Å². The van der Waals surface area contributed by atoms with Crippen LogP contribution < -0.4 is 4.74 Å². The van der Waals surface area contributed by atoms with Gasteiger partial charge in [0, 0.05) is 37.8 Å². The van der Waals surface area contributed by atoms with Crippen molar-refractivity contribution in [3.8, 4) is 5.75 Å². The van der Waals surface area contributed by atoms with Gasteiger partial charge in [0.2, 0.25) is 11.6 Å². The van der Waals surface area contributed by atoms with Crippen molar-refractivity contribution in [1.82, 2.24) is 4.90 Å². The molecule has 1 aromatic rings. The van der Waals surface area contributed by atoms with Crippen LogP contribution in [0.1, 0.15) is 88.5 Å². The predicted molar refractivity (Wildman–Crippen MR) is 125 cm³/mol. The maximum Gasteiger partial charge on any atom is 0.259 e. The lowest BCUT2D eigenvalue weighted by Crippen LogP contribution is -2.59. The number of hydrogen-bond acceptors (Lipinski definition) is 6. The van der Waals surface area contributed by atoms with E-state index in [1.165, 1.54) is 44.1 Å². The number of rotatable bonds is 4. The number of hydrogen-bond donors (Lipinski definition) is 1. The number of piperidine rings is 1. The van der Waals surface area contributed by atoms with E-state index < -0.39 is 18.0 Å². The van der Waals surface area contributed by atoms with Gasteiger partial charge < -0.3 is 14.6 Å². The summed E-state index contributed by atoms with van der Waals surface area (Å²) in [4.78, 5) is 14.4. The first-order valence-electron chi connectivity index (χ1n) is 13.9. The first-order chi connectivity index (χ1) is 16.6. The lowest BCUT2D eigenvalue weighted by molar-refractivity contribution is -0.390. The average molecular weight is 470 g/mol. The van der Waals surface area contributed by atoms with Gasteiger partial charge in [-0.05, 0) is 93.2 Å². The number of likely N-dealkylation sites (tertiary alicyclic amines) is 1. The van der Waals surface area contributed by atoms with Gasteiger partial charge in [-0.2, -0.15) is 9.78 Å². The van der Waals surface area contributed by atoms with Crippen LogP contribution in [0.2, 0.25) is 0 Å². The SMILES string of the molecule is OC(Oc1ccc(C2CCC[C@]3(C2)OOC2(O3)C3CC4CC(C3)CC2C4)cc1)N1CCCCC1. The van der Waals surface area contributed by atoms with Gasteiger partial charge >= 0.3 is 0 Å². The van der Waals surface area contributed by atoms with Crippen LogP contribution in [0.15, 0.2) is 24.3 Å². The molecule has 2 spiro atoms. The highest BCUT2D eigenvalue weighted by atomic mass is 17.3. The third kappa shape index (κ3) is 3.72. The van der Waals surface area contributed by atoms with Crippen LogP contribution in [0.4, 0.5) is 0 Å². The molecule has 0 aromatic heterocycles. The van der Waals surface area contributed by atoms with E-state index in [0.29, 0.717) is 17.8 Å². The summed E-state index contributed by atoms with van der Waals surface area (Å²) < 4.78 is 12.8. The number of benzene rings is 1. The molecule has 1 N–H and O–H groups in total. The Labute approximate surface area is 202 Å². The van der Waals surface area contributed by atoms with Gasteiger partial charge in [-0.1, -0.05) is 18.6 Å². The minimum atomic E-state index is -0.862. The second kappa shape index (κ2) is 8.45. The topological polar surface area (TPSA) is 60.4 Å². The van der Waals surface area contributed by atoms with Crippen LogP contribution in [-0.2, 0) is 14.5 Å². The Hall–Kier alpha value is -1.18. The van der Waals surface area contributed by atoms with Gasteiger partial charge in [-0.25, -0.2) is 4.90 Å². The standard InChI is InChI=1S/C28H39NO5/c30-26(29-11-2-1-3-12-29)31-25-8-6-21(7-9-25)22-5-4-10-27(18-22)32-28(34-33-27)23-14-19-13-20(16-23)17-24(28)15-19/h6-9,19-20,22-24,26,30H,1-5,10-18H2/t19?,20?,22?,23?,24?,26?,27-,28?/m1/s1. The summed E-state index contributed by atoms with van der Waals surface area (Å²) in [5, 5.41) is 10.4. The van der Waals surface area contributed by atoms with Crippen LogP contribution in [-0.4, -0.2) is 41.1 Å². The van der Waals surface area contributed by atoms with Crippen molar-refractivity contribution in [1.29, 1.82) is 0 Å². The fourth-order valence-corrected chi connectivity index (χ4v) is 8.41. The molecule has 5 saturated carbocycles. The van der Waals surface area contributed by atoms with Crippen molar-refractivity contribution in [2.24, 2.45) is 23.7 Å². The highest BCUT2D eigenvalue weighted by Gasteiger charge is 2.67. The third-order valence-corrected chi connectivity index (χ3v) is 9.91. The Morgan fingerprint density at radius 2 is 1.59 bits per heavy atom. The summed E-state index contributed by atoms with van der Waals surface area (Å²) >= 11 is 0. The zero-order valence-corrected chi connectivity index (χ0v) is 20.2. The maximum atomic E-state index is 10.4. The van der Waals surface area contributed by atoms with E-state index >= 15 is 0 Å².